The summed E-state index contributed by atoms with van der Waals surface area (Å²) in [5, 5.41) is 25.2. The molecule has 1 N–H and O–H groups in total. The lowest BCUT2D eigenvalue weighted by molar-refractivity contribution is -0.383. The molecule has 0 saturated heterocycles. The summed E-state index contributed by atoms with van der Waals surface area (Å²) in [6.07, 6.45) is -0.688. The number of nitrogens with zero attached hydrogens (tertiary/aromatic N) is 2. The second kappa shape index (κ2) is 5.68. The Morgan fingerprint density at radius 1 is 1.58 bits per heavy atom. The first-order chi connectivity index (χ1) is 8.99. The SMILES string of the molecule is CC(O)c1cc([N+](=O)[O-])c(N(C)Cc2ccsc2)s1. The zero-order valence-electron chi connectivity index (χ0n) is 10.6. The van der Waals surface area contributed by atoms with Gasteiger partial charge in [0.05, 0.1) is 11.0 Å². The molecule has 2 aromatic heterocycles. The average molecular weight is 298 g/mol. The van der Waals surface area contributed by atoms with E-state index in [1.807, 2.05) is 28.8 Å². The lowest BCUT2D eigenvalue weighted by atomic mass is 10.3. The Morgan fingerprint density at radius 3 is 2.84 bits per heavy atom. The maximum Gasteiger partial charge on any atom is 0.304 e. The minimum absolute atomic E-state index is 0.0543. The Bertz CT molecular complexity index is 564. The smallest absolute Gasteiger partial charge is 0.304 e. The van der Waals surface area contributed by atoms with E-state index in [2.05, 4.69) is 0 Å². The Balaban J connectivity index is 2.29. The van der Waals surface area contributed by atoms with Crippen molar-refractivity contribution in [2.45, 2.75) is 19.6 Å². The Labute approximate surface area is 118 Å². The summed E-state index contributed by atoms with van der Waals surface area (Å²) >= 11 is 2.86. The van der Waals surface area contributed by atoms with Crippen molar-refractivity contribution in [1.29, 1.82) is 0 Å². The van der Waals surface area contributed by atoms with Crippen LogP contribution in [0.3, 0.4) is 0 Å². The lowest BCUT2D eigenvalue weighted by Crippen LogP contribution is -2.15. The topological polar surface area (TPSA) is 66.6 Å². The molecule has 0 aliphatic rings. The third kappa shape index (κ3) is 3.12. The molecule has 0 aromatic carbocycles. The lowest BCUT2D eigenvalue weighted by Gasteiger charge is -2.15. The largest absolute Gasteiger partial charge is 0.388 e. The van der Waals surface area contributed by atoms with E-state index >= 15 is 0 Å². The van der Waals surface area contributed by atoms with Gasteiger partial charge in [0, 0.05) is 24.5 Å². The molecule has 0 aliphatic heterocycles. The molecule has 0 aliphatic carbocycles. The van der Waals surface area contributed by atoms with Crippen molar-refractivity contribution < 1.29 is 10.0 Å². The first kappa shape index (κ1) is 14.0. The van der Waals surface area contributed by atoms with Crippen LogP contribution in [0.1, 0.15) is 23.5 Å². The molecule has 2 aromatic rings. The van der Waals surface area contributed by atoms with Crippen LogP contribution < -0.4 is 4.90 Å². The molecule has 0 bridgehead atoms. The normalized spacial score (nSPS) is 12.4. The van der Waals surface area contributed by atoms with Gasteiger partial charge in [0.1, 0.15) is 0 Å². The van der Waals surface area contributed by atoms with Crippen LogP contribution in [-0.4, -0.2) is 17.1 Å². The summed E-state index contributed by atoms with van der Waals surface area (Å²) in [5.41, 5.74) is 1.17. The predicted molar refractivity (Wildman–Crippen MR) is 78.0 cm³/mol. The molecule has 0 fully saturated rings. The van der Waals surface area contributed by atoms with Crippen LogP contribution in [0.25, 0.3) is 0 Å². The van der Waals surface area contributed by atoms with Gasteiger partial charge in [0.25, 0.3) is 0 Å². The van der Waals surface area contributed by atoms with Crippen molar-refractivity contribution in [1.82, 2.24) is 0 Å². The van der Waals surface area contributed by atoms with Gasteiger partial charge in [-0.2, -0.15) is 11.3 Å². The van der Waals surface area contributed by atoms with Gasteiger partial charge in [-0.25, -0.2) is 0 Å². The number of hydrogen-bond acceptors (Lipinski definition) is 6. The Morgan fingerprint density at radius 2 is 2.32 bits per heavy atom. The van der Waals surface area contributed by atoms with Crippen LogP contribution in [0.5, 0.6) is 0 Å². The first-order valence-electron chi connectivity index (χ1n) is 5.67. The van der Waals surface area contributed by atoms with Gasteiger partial charge < -0.3 is 10.0 Å². The third-order valence-corrected chi connectivity index (χ3v) is 4.81. The molecule has 0 radical (unpaired) electrons. The standard InChI is InChI=1S/C12H14N2O3S2/c1-8(15)11-5-10(14(16)17)12(19-11)13(2)6-9-3-4-18-7-9/h3-5,7-8,15H,6H2,1-2H3. The molecule has 0 amide bonds. The molecule has 1 atom stereocenters. The van der Waals surface area contributed by atoms with Crippen molar-refractivity contribution >= 4 is 33.4 Å². The quantitative estimate of drug-likeness (QED) is 0.678. The summed E-state index contributed by atoms with van der Waals surface area (Å²) < 4.78 is 0. The van der Waals surface area contributed by atoms with Crippen LogP contribution in [0, 0.1) is 10.1 Å². The predicted octanol–water partition coefficient (Wildman–Crippen LogP) is 3.41. The minimum atomic E-state index is -0.688. The van der Waals surface area contributed by atoms with E-state index in [9.17, 15) is 15.2 Å². The molecular formula is C12H14N2O3S2. The molecule has 2 rings (SSSR count). The maximum absolute atomic E-state index is 11.1. The number of hydrogen-bond donors (Lipinski definition) is 1. The summed E-state index contributed by atoms with van der Waals surface area (Å²) in [6, 6.07) is 3.45. The number of anilines is 1. The highest BCUT2D eigenvalue weighted by atomic mass is 32.1. The number of thiophene rings is 2. The fourth-order valence-electron chi connectivity index (χ4n) is 1.73. The van der Waals surface area contributed by atoms with E-state index in [1.54, 1.807) is 18.3 Å². The highest BCUT2D eigenvalue weighted by Gasteiger charge is 2.23. The molecule has 2 heterocycles. The Hall–Kier alpha value is -1.44. The van der Waals surface area contributed by atoms with E-state index < -0.39 is 11.0 Å². The summed E-state index contributed by atoms with van der Waals surface area (Å²) in [5.74, 6) is 0. The molecular weight excluding hydrogens is 284 g/mol. The van der Waals surface area contributed by atoms with Crippen molar-refractivity contribution in [2.75, 3.05) is 11.9 Å². The van der Waals surface area contributed by atoms with Gasteiger partial charge in [-0.05, 0) is 29.3 Å². The van der Waals surface area contributed by atoms with Crippen LogP contribution >= 0.6 is 22.7 Å². The van der Waals surface area contributed by atoms with E-state index in [4.69, 9.17) is 0 Å². The van der Waals surface area contributed by atoms with Gasteiger partial charge in [0.15, 0.2) is 5.00 Å². The van der Waals surface area contributed by atoms with Crippen LogP contribution in [0.2, 0.25) is 0 Å². The zero-order valence-corrected chi connectivity index (χ0v) is 12.2. The van der Waals surface area contributed by atoms with Gasteiger partial charge >= 0.3 is 5.69 Å². The van der Waals surface area contributed by atoms with Crippen molar-refractivity contribution in [3.8, 4) is 0 Å². The molecule has 102 valence electrons. The fourth-order valence-corrected chi connectivity index (χ4v) is 3.41. The fraction of sp³-hybridized carbons (Fsp3) is 0.333. The molecule has 7 heteroatoms. The molecule has 0 spiro atoms. The highest BCUT2D eigenvalue weighted by Crippen LogP contribution is 2.40. The number of aliphatic hydroxyl groups excluding tert-OH is 1. The molecule has 5 nitrogen and oxygen atoms in total. The van der Waals surface area contributed by atoms with Gasteiger partial charge in [-0.15, -0.1) is 11.3 Å². The number of rotatable bonds is 5. The second-order valence-electron chi connectivity index (χ2n) is 4.26. The molecule has 1 unspecified atom stereocenters. The first-order valence-corrected chi connectivity index (χ1v) is 7.43. The Kier molecular flexibility index (Phi) is 4.18. The monoisotopic (exact) mass is 298 g/mol. The van der Waals surface area contributed by atoms with Gasteiger partial charge in [0.2, 0.25) is 0 Å². The summed E-state index contributed by atoms with van der Waals surface area (Å²) in [6.45, 7) is 2.22. The van der Waals surface area contributed by atoms with Gasteiger partial charge in [-0.3, -0.25) is 10.1 Å². The van der Waals surface area contributed by atoms with E-state index in [0.29, 0.717) is 16.4 Å². The molecule has 19 heavy (non-hydrogen) atoms. The zero-order chi connectivity index (χ0) is 14.0. The summed E-state index contributed by atoms with van der Waals surface area (Å²) in [7, 11) is 1.82. The summed E-state index contributed by atoms with van der Waals surface area (Å²) in [4.78, 5) is 13.1. The van der Waals surface area contributed by atoms with Crippen molar-refractivity contribution in [2.24, 2.45) is 0 Å². The van der Waals surface area contributed by atoms with E-state index in [0.717, 1.165) is 5.56 Å². The van der Waals surface area contributed by atoms with Crippen LogP contribution in [0.15, 0.2) is 22.9 Å². The van der Waals surface area contributed by atoms with Gasteiger partial charge in [-0.1, -0.05) is 0 Å². The number of aliphatic hydroxyl groups is 1. The van der Waals surface area contributed by atoms with E-state index in [-0.39, 0.29) is 5.69 Å². The third-order valence-electron chi connectivity index (χ3n) is 2.67. The average Bonchev–Trinajstić information content (AvgIpc) is 2.96. The highest BCUT2D eigenvalue weighted by molar-refractivity contribution is 7.16. The van der Waals surface area contributed by atoms with Crippen LogP contribution in [-0.2, 0) is 6.54 Å². The molecule has 0 saturated carbocycles. The second-order valence-corrected chi connectivity index (χ2v) is 6.10. The number of nitro groups is 1. The van der Waals surface area contributed by atoms with Crippen LogP contribution in [0.4, 0.5) is 10.7 Å². The minimum Gasteiger partial charge on any atom is -0.388 e. The van der Waals surface area contributed by atoms with Crippen molar-refractivity contribution in [3.63, 3.8) is 0 Å². The van der Waals surface area contributed by atoms with E-state index in [1.165, 1.54) is 17.4 Å². The van der Waals surface area contributed by atoms with Crippen molar-refractivity contribution in [3.05, 3.63) is 43.4 Å². The maximum atomic E-state index is 11.1.